The molecule has 0 bridgehead atoms. The van der Waals surface area contributed by atoms with E-state index >= 15 is 0 Å². The first kappa shape index (κ1) is 16.8. The van der Waals surface area contributed by atoms with E-state index in [1.165, 1.54) is 12.1 Å². The van der Waals surface area contributed by atoms with E-state index in [9.17, 15) is 18.4 Å². The highest BCUT2D eigenvalue weighted by molar-refractivity contribution is 6.01. The molecule has 0 radical (unpaired) electrons. The van der Waals surface area contributed by atoms with Gasteiger partial charge in [-0.2, -0.15) is 0 Å². The van der Waals surface area contributed by atoms with E-state index in [-0.39, 0.29) is 37.0 Å². The molecule has 130 valence electrons. The predicted molar refractivity (Wildman–Crippen MR) is 83.5 cm³/mol. The second kappa shape index (κ2) is 6.47. The van der Waals surface area contributed by atoms with Crippen LogP contribution in [0.25, 0.3) is 0 Å². The summed E-state index contributed by atoms with van der Waals surface area (Å²) >= 11 is 0. The fraction of sp³-hybridized carbons (Fsp3) is 0.529. The molecule has 0 aromatic heterocycles. The maximum absolute atomic E-state index is 14.5. The van der Waals surface area contributed by atoms with Crippen LogP contribution in [0.1, 0.15) is 37.2 Å². The maximum Gasteiger partial charge on any atom is 0.234 e. The van der Waals surface area contributed by atoms with Gasteiger partial charge in [-0.1, -0.05) is 0 Å². The Labute approximate surface area is 138 Å². The molecule has 1 atom stereocenters. The first-order valence-electron chi connectivity index (χ1n) is 8.07. The average molecular weight is 338 g/mol. The number of piperidine rings is 1. The van der Waals surface area contributed by atoms with Crippen LogP contribution in [0.3, 0.4) is 0 Å². The summed E-state index contributed by atoms with van der Waals surface area (Å²) in [6.07, 6.45) is 1.74. The number of nitrogens with zero attached hydrogens (tertiary/aromatic N) is 1. The molecule has 7 heteroatoms. The maximum atomic E-state index is 14.5. The summed E-state index contributed by atoms with van der Waals surface area (Å²) in [6, 6.07) is 2.60. The SMILES string of the molecule is CN(c1cc(F)c([C@H]2CCC(=O)NC2=O)c(F)c1)[C@H]1C[C@H](CO)C1. The third-order valence-corrected chi connectivity index (χ3v) is 5.08. The number of halogens is 2. The molecule has 1 aromatic rings. The fourth-order valence-electron chi connectivity index (χ4n) is 3.45. The lowest BCUT2D eigenvalue weighted by atomic mass is 9.80. The molecule has 0 spiro atoms. The number of imide groups is 1. The van der Waals surface area contributed by atoms with Crippen molar-refractivity contribution in [2.45, 2.75) is 37.6 Å². The highest BCUT2D eigenvalue weighted by Crippen LogP contribution is 2.36. The van der Waals surface area contributed by atoms with Crippen molar-refractivity contribution in [3.63, 3.8) is 0 Å². The molecule has 1 aliphatic carbocycles. The van der Waals surface area contributed by atoms with Crippen molar-refractivity contribution in [1.29, 1.82) is 0 Å². The Bertz CT molecular complexity index is 651. The second-order valence-corrected chi connectivity index (χ2v) is 6.61. The van der Waals surface area contributed by atoms with Crippen LogP contribution < -0.4 is 10.2 Å². The zero-order valence-corrected chi connectivity index (χ0v) is 13.4. The molecule has 3 rings (SSSR count). The summed E-state index contributed by atoms with van der Waals surface area (Å²) in [5.41, 5.74) is 0.126. The van der Waals surface area contributed by atoms with E-state index in [2.05, 4.69) is 5.32 Å². The van der Waals surface area contributed by atoms with Gasteiger partial charge in [0.05, 0.1) is 5.92 Å². The summed E-state index contributed by atoms with van der Waals surface area (Å²) in [7, 11) is 1.76. The zero-order chi connectivity index (χ0) is 17.4. The highest BCUT2D eigenvalue weighted by Gasteiger charge is 2.35. The molecule has 1 heterocycles. The molecule has 2 fully saturated rings. The molecular weight excluding hydrogens is 318 g/mol. The number of aliphatic hydroxyl groups is 1. The van der Waals surface area contributed by atoms with Crippen molar-refractivity contribution in [2.75, 3.05) is 18.6 Å². The lowest BCUT2D eigenvalue weighted by Gasteiger charge is -2.41. The predicted octanol–water partition coefficient (Wildman–Crippen LogP) is 1.69. The molecule has 1 saturated carbocycles. The summed E-state index contributed by atoms with van der Waals surface area (Å²) in [6.45, 7) is 0.126. The number of nitrogens with one attached hydrogen (secondary N) is 1. The topological polar surface area (TPSA) is 69.6 Å². The lowest BCUT2D eigenvalue weighted by Crippen LogP contribution is -2.44. The van der Waals surface area contributed by atoms with Crippen molar-refractivity contribution in [1.82, 2.24) is 5.32 Å². The molecular formula is C17H20F2N2O3. The van der Waals surface area contributed by atoms with E-state index in [1.54, 1.807) is 11.9 Å². The summed E-state index contributed by atoms with van der Waals surface area (Å²) in [5, 5.41) is 11.2. The van der Waals surface area contributed by atoms with Gasteiger partial charge in [0.1, 0.15) is 11.6 Å². The van der Waals surface area contributed by atoms with Crippen LogP contribution in [0, 0.1) is 17.6 Å². The second-order valence-electron chi connectivity index (χ2n) is 6.61. The molecule has 2 aliphatic rings. The van der Waals surface area contributed by atoms with E-state index in [0.717, 1.165) is 12.8 Å². The Kier molecular flexibility index (Phi) is 4.54. The number of hydrogen-bond donors (Lipinski definition) is 2. The van der Waals surface area contributed by atoms with Crippen LogP contribution in [-0.4, -0.2) is 36.6 Å². The standard InChI is InChI=1S/C17H20F2N2O3/c1-21(10-4-9(5-10)8-22)11-6-13(18)16(14(19)7-11)12-2-3-15(23)20-17(12)24/h6-7,9-10,12,22H,2-5,8H2,1H3,(H,20,23,24)/t9-,10-,12-/m1/s1. The van der Waals surface area contributed by atoms with Crippen molar-refractivity contribution in [3.8, 4) is 0 Å². The van der Waals surface area contributed by atoms with Crippen LogP contribution in [0.2, 0.25) is 0 Å². The molecule has 1 aliphatic heterocycles. The average Bonchev–Trinajstić information content (AvgIpc) is 2.47. The quantitative estimate of drug-likeness (QED) is 0.820. The number of anilines is 1. The number of carbonyl (C=O) groups excluding carboxylic acids is 2. The van der Waals surface area contributed by atoms with Crippen LogP contribution in [0.4, 0.5) is 14.5 Å². The van der Waals surface area contributed by atoms with Gasteiger partial charge in [-0.25, -0.2) is 8.78 Å². The Hall–Kier alpha value is -2.02. The van der Waals surface area contributed by atoms with Crippen LogP contribution in [-0.2, 0) is 9.59 Å². The minimum absolute atomic E-state index is 0.0710. The summed E-state index contributed by atoms with van der Waals surface area (Å²) in [5.74, 6) is -3.36. The number of aliphatic hydroxyl groups excluding tert-OH is 1. The Morgan fingerprint density at radius 2 is 1.88 bits per heavy atom. The smallest absolute Gasteiger partial charge is 0.234 e. The van der Waals surface area contributed by atoms with Gasteiger partial charge in [-0.05, 0) is 37.3 Å². The molecule has 24 heavy (non-hydrogen) atoms. The van der Waals surface area contributed by atoms with Gasteiger partial charge in [0, 0.05) is 37.4 Å². The van der Waals surface area contributed by atoms with E-state index in [1.807, 2.05) is 0 Å². The third-order valence-electron chi connectivity index (χ3n) is 5.08. The molecule has 1 saturated heterocycles. The van der Waals surface area contributed by atoms with Crippen molar-refractivity contribution >= 4 is 17.5 Å². The van der Waals surface area contributed by atoms with Gasteiger partial charge in [-0.3, -0.25) is 14.9 Å². The van der Waals surface area contributed by atoms with Gasteiger partial charge in [-0.15, -0.1) is 0 Å². The largest absolute Gasteiger partial charge is 0.396 e. The van der Waals surface area contributed by atoms with Crippen LogP contribution >= 0.6 is 0 Å². The first-order valence-corrected chi connectivity index (χ1v) is 8.07. The Morgan fingerprint density at radius 3 is 2.42 bits per heavy atom. The zero-order valence-electron chi connectivity index (χ0n) is 13.4. The van der Waals surface area contributed by atoms with Gasteiger partial charge in [0.15, 0.2) is 0 Å². The Balaban J connectivity index is 1.81. The van der Waals surface area contributed by atoms with Crippen molar-refractivity contribution in [2.24, 2.45) is 5.92 Å². The minimum Gasteiger partial charge on any atom is -0.396 e. The van der Waals surface area contributed by atoms with Crippen molar-refractivity contribution < 1.29 is 23.5 Å². The number of carbonyl (C=O) groups is 2. The normalized spacial score (nSPS) is 26.8. The van der Waals surface area contributed by atoms with Gasteiger partial charge in [0.25, 0.3) is 0 Å². The number of amides is 2. The van der Waals surface area contributed by atoms with Crippen molar-refractivity contribution in [3.05, 3.63) is 29.3 Å². The van der Waals surface area contributed by atoms with Gasteiger partial charge >= 0.3 is 0 Å². The van der Waals surface area contributed by atoms with E-state index in [0.29, 0.717) is 5.69 Å². The lowest BCUT2D eigenvalue weighted by molar-refractivity contribution is -0.134. The highest BCUT2D eigenvalue weighted by atomic mass is 19.1. The van der Waals surface area contributed by atoms with Gasteiger partial charge < -0.3 is 10.0 Å². The number of benzene rings is 1. The summed E-state index contributed by atoms with van der Waals surface area (Å²) in [4.78, 5) is 24.8. The van der Waals surface area contributed by atoms with Crippen LogP contribution in [0.15, 0.2) is 12.1 Å². The molecule has 0 unspecified atom stereocenters. The van der Waals surface area contributed by atoms with E-state index in [4.69, 9.17) is 5.11 Å². The fourth-order valence-corrected chi connectivity index (χ4v) is 3.45. The summed E-state index contributed by atoms with van der Waals surface area (Å²) < 4.78 is 29.0. The molecule has 2 N–H and O–H groups in total. The monoisotopic (exact) mass is 338 g/mol. The molecule has 5 nitrogen and oxygen atoms in total. The van der Waals surface area contributed by atoms with Gasteiger partial charge in [0.2, 0.25) is 11.8 Å². The third kappa shape index (κ3) is 3.00. The number of hydrogen-bond acceptors (Lipinski definition) is 4. The first-order chi connectivity index (χ1) is 11.4. The number of rotatable bonds is 4. The molecule has 1 aromatic carbocycles. The van der Waals surface area contributed by atoms with Crippen LogP contribution in [0.5, 0.6) is 0 Å². The Morgan fingerprint density at radius 1 is 1.25 bits per heavy atom. The molecule has 2 amide bonds. The van der Waals surface area contributed by atoms with E-state index < -0.39 is 29.4 Å². The minimum atomic E-state index is -0.982.